The molecule has 2 unspecified atom stereocenters. The third-order valence-electron chi connectivity index (χ3n) is 16.2. The molecule has 522 valence electrons. The molecular weight excluding hydrogens is 1130 g/mol. The normalized spacial score (nSPS) is 13.4. The van der Waals surface area contributed by atoms with E-state index in [1.807, 2.05) is 21.1 Å². The summed E-state index contributed by atoms with van der Waals surface area (Å²) < 4.78 is 23.0. The largest absolute Gasteiger partial charge is 0.477 e. The average molecular weight is 1270 g/mol. The molecule has 0 heterocycles. The van der Waals surface area contributed by atoms with Gasteiger partial charge in [0.2, 0.25) is 0 Å². The monoisotopic (exact) mass is 1270 g/mol. The maximum Gasteiger partial charge on any atom is 0.361 e. The van der Waals surface area contributed by atoms with Gasteiger partial charge in [-0.1, -0.05) is 322 Å². The van der Waals surface area contributed by atoms with Crippen molar-refractivity contribution in [3.63, 3.8) is 0 Å². The molecule has 0 aromatic carbocycles. The number of carbonyl (C=O) groups is 3. The number of carboxylic acids is 1. The summed E-state index contributed by atoms with van der Waals surface area (Å²) in [6.07, 6.45) is 98.9. The number of unbranched alkanes of at least 4 members (excludes halogenated alkanes) is 34. The van der Waals surface area contributed by atoms with Crippen LogP contribution in [0.5, 0.6) is 0 Å². The van der Waals surface area contributed by atoms with Crippen molar-refractivity contribution in [2.24, 2.45) is 0 Å². The summed E-state index contributed by atoms with van der Waals surface area (Å²) in [6.45, 7) is 4.78. The van der Waals surface area contributed by atoms with Crippen LogP contribution in [-0.4, -0.2) is 87.4 Å². The number of likely N-dealkylation sites (N-methyl/N-ethyl adjacent to an activating group) is 1. The number of nitrogens with zero attached hydrogens (tertiary/aromatic N) is 1. The Morgan fingerprint density at radius 2 is 0.626 bits per heavy atom. The van der Waals surface area contributed by atoms with E-state index in [-0.39, 0.29) is 32.2 Å². The summed E-state index contributed by atoms with van der Waals surface area (Å²) in [4.78, 5) is 37.7. The molecule has 0 amide bonds. The van der Waals surface area contributed by atoms with Gasteiger partial charge in [0.25, 0.3) is 6.29 Å². The highest BCUT2D eigenvalue weighted by atomic mass is 16.7. The van der Waals surface area contributed by atoms with Crippen molar-refractivity contribution in [1.82, 2.24) is 0 Å². The van der Waals surface area contributed by atoms with Gasteiger partial charge in [-0.2, -0.15) is 0 Å². The third-order valence-corrected chi connectivity index (χ3v) is 16.2. The van der Waals surface area contributed by atoms with Crippen molar-refractivity contribution < 1.29 is 42.9 Å². The molecular formula is C82H142NO8+. The summed E-state index contributed by atoms with van der Waals surface area (Å²) in [5, 5.41) is 9.76. The number of hydrogen-bond donors (Lipinski definition) is 1. The van der Waals surface area contributed by atoms with Gasteiger partial charge >= 0.3 is 17.9 Å². The maximum absolute atomic E-state index is 13.0. The Morgan fingerprint density at radius 3 is 0.934 bits per heavy atom. The summed E-state index contributed by atoms with van der Waals surface area (Å²) in [5.41, 5.74) is 0. The topological polar surface area (TPSA) is 108 Å². The predicted molar refractivity (Wildman–Crippen MR) is 391 cm³/mol. The molecule has 0 rings (SSSR count). The Morgan fingerprint density at radius 1 is 0.341 bits per heavy atom. The SMILES string of the molecule is CC/C=C\C/C=C\C/C=C\C/C=C\C/C=C\C/C=C\C/C=C\C/C=C\CCCCCCCCCCCCCCCCC(=O)OC(COC(=O)CCCCCCCCCCCCCCCCC/C=C\C/C=C\CCCCCCC)COC(OCC[N+](C)(C)C)C(=O)O. The van der Waals surface area contributed by atoms with E-state index in [1.54, 1.807) is 0 Å². The third kappa shape index (κ3) is 73.0. The van der Waals surface area contributed by atoms with Gasteiger partial charge in [0.05, 0.1) is 34.4 Å². The van der Waals surface area contributed by atoms with Gasteiger partial charge in [0, 0.05) is 12.8 Å². The molecule has 0 aliphatic heterocycles. The predicted octanol–water partition coefficient (Wildman–Crippen LogP) is 23.9. The van der Waals surface area contributed by atoms with Crippen LogP contribution in [0.15, 0.2) is 122 Å². The molecule has 0 aromatic heterocycles. The van der Waals surface area contributed by atoms with Crippen molar-refractivity contribution in [3.05, 3.63) is 122 Å². The molecule has 0 aromatic rings. The first-order valence-electron chi connectivity index (χ1n) is 37.7. The zero-order chi connectivity index (χ0) is 66.1. The highest BCUT2D eigenvalue weighted by molar-refractivity contribution is 5.71. The zero-order valence-corrected chi connectivity index (χ0v) is 59.7. The van der Waals surface area contributed by atoms with E-state index in [2.05, 4.69) is 135 Å². The van der Waals surface area contributed by atoms with Crippen molar-refractivity contribution in [2.75, 3.05) is 47.5 Å². The van der Waals surface area contributed by atoms with Crippen LogP contribution in [-0.2, 0) is 33.3 Å². The van der Waals surface area contributed by atoms with Crippen LogP contribution in [0, 0.1) is 0 Å². The first-order valence-corrected chi connectivity index (χ1v) is 37.7. The van der Waals surface area contributed by atoms with E-state index in [0.29, 0.717) is 17.4 Å². The fourth-order valence-corrected chi connectivity index (χ4v) is 10.5. The Hall–Kier alpha value is -4.31. The smallest absolute Gasteiger partial charge is 0.361 e. The fourth-order valence-electron chi connectivity index (χ4n) is 10.5. The van der Waals surface area contributed by atoms with Gasteiger partial charge in [-0.05, 0) is 109 Å². The molecule has 0 fully saturated rings. The average Bonchev–Trinajstić information content (AvgIpc) is 3.46. The van der Waals surface area contributed by atoms with Gasteiger partial charge < -0.3 is 28.5 Å². The second-order valence-corrected chi connectivity index (χ2v) is 26.2. The number of ether oxygens (including phenoxy) is 4. The number of rotatable bonds is 69. The van der Waals surface area contributed by atoms with Crippen molar-refractivity contribution in [1.29, 1.82) is 0 Å². The number of esters is 2. The molecule has 9 heteroatoms. The first kappa shape index (κ1) is 86.7. The molecule has 0 spiro atoms. The minimum atomic E-state index is -1.52. The number of allylic oxidation sites excluding steroid dienone is 20. The molecule has 1 N–H and O–H groups in total. The lowest BCUT2D eigenvalue weighted by Gasteiger charge is -2.25. The Labute approximate surface area is 561 Å². The molecule has 0 saturated heterocycles. The van der Waals surface area contributed by atoms with Crippen LogP contribution in [0.1, 0.15) is 322 Å². The highest BCUT2D eigenvalue weighted by Crippen LogP contribution is 2.18. The summed E-state index contributed by atoms with van der Waals surface area (Å²) in [5.74, 6) is -2.00. The number of hydrogen-bond acceptors (Lipinski definition) is 7. The van der Waals surface area contributed by atoms with E-state index in [4.69, 9.17) is 18.9 Å². The van der Waals surface area contributed by atoms with Gasteiger partial charge in [0.1, 0.15) is 13.2 Å². The lowest BCUT2D eigenvalue weighted by molar-refractivity contribution is -0.870. The number of aliphatic carboxylic acids is 1. The summed E-state index contributed by atoms with van der Waals surface area (Å²) in [7, 11) is 5.98. The maximum atomic E-state index is 13.0. The first-order chi connectivity index (χ1) is 44.6. The minimum Gasteiger partial charge on any atom is -0.477 e. The van der Waals surface area contributed by atoms with Crippen LogP contribution in [0.3, 0.4) is 0 Å². The van der Waals surface area contributed by atoms with E-state index < -0.39 is 24.3 Å². The standard InChI is InChI=1S/C82H141NO8/c1-6-8-10-12-14-16-18-20-22-24-26-28-30-32-34-35-36-37-38-39-40-41-42-43-44-45-47-49-51-53-55-57-59-61-63-65-67-69-71-73-80(85)91-78(77-90-82(81(86)87)88-75-74-83(3,4)5)76-89-79(84)72-70-68-66-64-62-60-58-56-54-52-50-48-46-33-31-29-27-25-23-21-19-17-15-13-11-9-7-2/h8,10,14,16,19-22,25-28,32,34,36-37,39-40,42-43,78,82H,6-7,9,11-13,15,17-18,23-24,29-31,33,35,38,41,44-77H2,1-5H3/p+1/b10-8-,16-14-,21-19-,22-20-,27-25-,28-26-,34-32-,37-36-,40-39-,43-42-. The van der Waals surface area contributed by atoms with Crippen molar-refractivity contribution in [3.8, 4) is 0 Å². The Bertz CT molecular complexity index is 1910. The van der Waals surface area contributed by atoms with Crippen LogP contribution >= 0.6 is 0 Å². The summed E-state index contributed by atoms with van der Waals surface area (Å²) >= 11 is 0. The molecule has 2 atom stereocenters. The molecule has 91 heavy (non-hydrogen) atoms. The lowest BCUT2D eigenvalue weighted by atomic mass is 10.0. The quantitative estimate of drug-likeness (QED) is 0.0211. The minimum absolute atomic E-state index is 0.184. The van der Waals surface area contributed by atoms with E-state index in [1.165, 1.54) is 199 Å². The Kier molecular flexibility index (Phi) is 68.1. The number of carbonyl (C=O) groups excluding carboxylic acids is 2. The van der Waals surface area contributed by atoms with E-state index >= 15 is 0 Å². The highest BCUT2D eigenvalue weighted by Gasteiger charge is 2.25. The molecule has 0 saturated carbocycles. The molecule has 0 aliphatic carbocycles. The van der Waals surface area contributed by atoms with Crippen molar-refractivity contribution in [2.45, 2.75) is 334 Å². The van der Waals surface area contributed by atoms with Gasteiger partial charge in [0.15, 0.2) is 6.10 Å². The lowest BCUT2D eigenvalue weighted by Crippen LogP contribution is -2.40. The van der Waals surface area contributed by atoms with Crippen LogP contribution in [0.2, 0.25) is 0 Å². The second kappa shape index (κ2) is 71.5. The molecule has 0 bridgehead atoms. The van der Waals surface area contributed by atoms with Crippen molar-refractivity contribution >= 4 is 17.9 Å². The van der Waals surface area contributed by atoms with Crippen LogP contribution in [0.25, 0.3) is 0 Å². The summed E-state index contributed by atoms with van der Waals surface area (Å²) in [6, 6.07) is 0. The Balaban J connectivity index is 4.08. The number of quaternary nitrogens is 1. The van der Waals surface area contributed by atoms with E-state index in [9.17, 15) is 19.5 Å². The second-order valence-electron chi connectivity index (χ2n) is 26.2. The van der Waals surface area contributed by atoms with Crippen LogP contribution < -0.4 is 0 Å². The molecule has 0 radical (unpaired) electrons. The van der Waals surface area contributed by atoms with Gasteiger partial charge in [-0.25, -0.2) is 4.79 Å². The fraction of sp³-hybridized carbons (Fsp3) is 0.720. The van der Waals surface area contributed by atoms with Gasteiger partial charge in [-0.3, -0.25) is 9.59 Å². The van der Waals surface area contributed by atoms with Crippen LogP contribution in [0.4, 0.5) is 0 Å². The molecule has 9 nitrogen and oxygen atoms in total. The van der Waals surface area contributed by atoms with E-state index in [0.717, 1.165) is 96.3 Å². The zero-order valence-electron chi connectivity index (χ0n) is 59.7. The number of carboxylic acid groups (broad SMARTS) is 1. The molecule has 0 aliphatic rings. The van der Waals surface area contributed by atoms with Gasteiger partial charge in [-0.15, -0.1) is 0 Å².